The molecule has 5 rings (SSSR count). The number of thiazole rings is 1. The van der Waals surface area contributed by atoms with Gasteiger partial charge in [0.15, 0.2) is 6.61 Å². The molecule has 2 aromatic heterocycles. The standard InChI is InChI=1S/C21H16BrN5O2S/c1-23-21-27(25-9-13-8-24-16-4-3-14(22)7-15(13)16)18(11-30-21)12-2-5-19-17(6-12)26-20(28)10-29-19/h2-9,11,24H,10H2,1H3,(H,26,28). The largest absolute Gasteiger partial charge is 0.482 e. The van der Waals surface area contributed by atoms with Crippen molar-refractivity contribution in [1.29, 1.82) is 0 Å². The molecule has 30 heavy (non-hydrogen) atoms. The zero-order chi connectivity index (χ0) is 20.7. The molecular formula is C21H16BrN5O2S. The van der Waals surface area contributed by atoms with E-state index >= 15 is 0 Å². The van der Waals surface area contributed by atoms with Crippen molar-refractivity contribution in [1.82, 2.24) is 9.66 Å². The Morgan fingerprint density at radius 3 is 3.03 bits per heavy atom. The number of carbonyl (C=O) groups excluding carboxylic acids is 1. The summed E-state index contributed by atoms with van der Waals surface area (Å²) >= 11 is 5.02. The number of rotatable bonds is 3. The molecule has 1 aliphatic rings. The maximum absolute atomic E-state index is 11.7. The number of aromatic amines is 1. The van der Waals surface area contributed by atoms with Crippen LogP contribution in [0.5, 0.6) is 5.75 Å². The molecule has 0 atom stereocenters. The summed E-state index contributed by atoms with van der Waals surface area (Å²) in [5.41, 5.74) is 4.46. The van der Waals surface area contributed by atoms with Gasteiger partial charge in [-0.2, -0.15) is 5.10 Å². The Balaban J connectivity index is 1.58. The maximum Gasteiger partial charge on any atom is 0.262 e. The second kappa shape index (κ2) is 7.58. The first-order valence-electron chi connectivity index (χ1n) is 9.14. The highest BCUT2D eigenvalue weighted by atomic mass is 79.9. The highest BCUT2D eigenvalue weighted by Gasteiger charge is 2.17. The third-order valence-electron chi connectivity index (χ3n) is 4.77. The molecule has 0 unspecified atom stereocenters. The van der Waals surface area contributed by atoms with Gasteiger partial charge in [0, 0.05) is 45.1 Å². The van der Waals surface area contributed by atoms with E-state index in [0.29, 0.717) is 11.4 Å². The van der Waals surface area contributed by atoms with Crippen LogP contribution >= 0.6 is 27.3 Å². The van der Waals surface area contributed by atoms with Gasteiger partial charge >= 0.3 is 0 Å². The fourth-order valence-electron chi connectivity index (χ4n) is 3.34. The molecule has 0 bridgehead atoms. The summed E-state index contributed by atoms with van der Waals surface area (Å²) in [6.07, 6.45) is 3.75. The van der Waals surface area contributed by atoms with Crippen molar-refractivity contribution in [3.63, 3.8) is 0 Å². The lowest BCUT2D eigenvalue weighted by Crippen LogP contribution is -2.25. The van der Waals surface area contributed by atoms with Gasteiger partial charge in [0.05, 0.1) is 17.6 Å². The number of anilines is 1. The molecule has 4 aromatic rings. The Labute approximate surface area is 183 Å². The normalized spacial score (nSPS) is 14.2. The van der Waals surface area contributed by atoms with Crippen molar-refractivity contribution < 1.29 is 9.53 Å². The Morgan fingerprint density at radius 1 is 1.27 bits per heavy atom. The van der Waals surface area contributed by atoms with E-state index in [1.807, 2.05) is 48.1 Å². The first-order chi connectivity index (χ1) is 14.6. The smallest absolute Gasteiger partial charge is 0.262 e. The lowest BCUT2D eigenvalue weighted by molar-refractivity contribution is -0.118. The van der Waals surface area contributed by atoms with Crippen molar-refractivity contribution in [2.45, 2.75) is 0 Å². The van der Waals surface area contributed by atoms with E-state index in [2.05, 4.69) is 37.3 Å². The van der Waals surface area contributed by atoms with Crippen molar-refractivity contribution in [2.24, 2.45) is 10.1 Å². The average Bonchev–Trinajstić information content (AvgIpc) is 3.34. The first kappa shape index (κ1) is 18.8. The number of nitrogens with zero attached hydrogens (tertiary/aromatic N) is 3. The zero-order valence-corrected chi connectivity index (χ0v) is 18.3. The van der Waals surface area contributed by atoms with Crippen LogP contribution in [0.25, 0.3) is 22.2 Å². The second-order valence-corrected chi connectivity index (χ2v) is 8.42. The van der Waals surface area contributed by atoms with E-state index in [1.54, 1.807) is 11.7 Å². The quantitative estimate of drug-likeness (QED) is 0.429. The van der Waals surface area contributed by atoms with E-state index < -0.39 is 0 Å². The molecule has 0 spiro atoms. The van der Waals surface area contributed by atoms with E-state index in [-0.39, 0.29) is 12.5 Å². The van der Waals surface area contributed by atoms with Gasteiger partial charge in [-0.25, -0.2) is 4.68 Å². The number of amides is 1. The highest BCUT2D eigenvalue weighted by molar-refractivity contribution is 9.10. The lowest BCUT2D eigenvalue weighted by Gasteiger charge is -2.18. The minimum absolute atomic E-state index is 0.0364. The Morgan fingerprint density at radius 2 is 2.17 bits per heavy atom. The number of ether oxygens (including phenoxy) is 1. The number of fused-ring (bicyclic) bond motifs is 2. The number of aromatic nitrogens is 2. The number of hydrogen-bond acceptors (Lipinski definition) is 5. The summed E-state index contributed by atoms with van der Waals surface area (Å²) in [7, 11) is 1.74. The van der Waals surface area contributed by atoms with E-state index in [0.717, 1.165) is 37.0 Å². The highest BCUT2D eigenvalue weighted by Crippen LogP contribution is 2.33. The van der Waals surface area contributed by atoms with E-state index in [9.17, 15) is 4.79 Å². The third kappa shape index (κ3) is 3.35. The van der Waals surface area contributed by atoms with Gasteiger partial charge < -0.3 is 15.0 Å². The van der Waals surface area contributed by atoms with Gasteiger partial charge in [-0.1, -0.05) is 15.9 Å². The molecule has 150 valence electrons. The fourth-order valence-corrected chi connectivity index (χ4v) is 4.51. The molecule has 9 heteroatoms. The van der Waals surface area contributed by atoms with Crippen molar-refractivity contribution >= 4 is 56.0 Å². The monoisotopic (exact) mass is 481 g/mol. The van der Waals surface area contributed by atoms with Gasteiger partial charge in [0.1, 0.15) is 5.75 Å². The van der Waals surface area contributed by atoms with Crippen molar-refractivity contribution in [3.05, 3.63) is 62.8 Å². The minimum atomic E-state index is -0.161. The van der Waals surface area contributed by atoms with E-state index in [1.165, 1.54) is 11.3 Å². The number of nitrogens with one attached hydrogen (secondary N) is 2. The topological polar surface area (TPSA) is 83.8 Å². The molecule has 7 nitrogen and oxygen atoms in total. The predicted molar refractivity (Wildman–Crippen MR) is 122 cm³/mol. The Hall–Kier alpha value is -3.17. The summed E-state index contributed by atoms with van der Waals surface area (Å²) in [4.78, 5) is 20.0. The van der Waals surface area contributed by atoms with Gasteiger partial charge in [-0.3, -0.25) is 9.79 Å². The molecule has 2 aromatic carbocycles. The van der Waals surface area contributed by atoms with Crippen LogP contribution in [-0.4, -0.2) is 35.4 Å². The number of hydrogen-bond donors (Lipinski definition) is 2. The molecule has 2 N–H and O–H groups in total. The third-order valence-corrected chi connectivity index (χ3v) is 6.17. The van der Waals surface area contributed by atoms with Gasteiger partial charge in [-0.15, -0.1) is 11.3 Å². The van der Waals surface area contributed by atoms with Gasteiger partial charge in [0.2, 0.25) is 4.80 Å². The number of benzene rings is 2. The molecule has 0 aliphatic carbocycles. The lowest BCUT2D eigenvalue weighted by atomic mass is 10.1. The van der Waals surface area contributed by atoms with Crippen LogP contribution in [0.15, 0.2) is 62.5 Å². The molecule has 1 aliphatic heterocycles. The van der Waals surface area contributed by atoms with Crippen LogP contribution < -0.4 is 14.9 Å². The zero-order valence-electron chi connectivity index (χ0n) is 15.8. The van der Waals surface area contributed by atoms with Crippen LogP contribution in [0.1, 0.15) is 5.56 Å². The second-order valence-electron chi connectivity index (χ2n) is 6.67. The van der Waals surface area contributed by atoms with Crippen LogP contribution in [0.2, 0.25) is 0 Å². The molecule has 1 amide bonds. The van der Waals surface area contributed by atoms with Crippen LogP contribution in [0.3, 0.4) is 0 Å². The average molecular weight is 482 g/mol. The van der Waals surface area contributed by atoms with Crippen LogP contribution in [0.4, 0.5) is 5.69 Å². The molecule has 0 saturated heterocycles. The van der Waals surface area contributed by atoms with Crippen LogP contribution in [-0.2, 0) is 4.79 Å². The molecular weight excluding hydrogens is 466 g/mol. The van der Waals surface area contributed by atoms with Gasteiger partial charge in [0.25, 0.3) is 5.91 Å². The molecule has 3 heterocycles. The summed E-state index contributed by atoms with van der Waals surface area (Å²) in [6.45, 7) is 0.0364. The predicted octanol–water partition coefficient (Wildman–Crippen LogP) is 4.20. The fraction of sp³-hybridized carbons (Fsp3) is 0.0952. The summed E-state index contributed by atoms with van der Waals surface area (Å²) in [6, 6.07) is 11.8. The number of halogens is 1. The SMILES string of the molecule is CN=c1scc(-c2ccc3c(c2)NC(=O)CO3)n1N=Cc1c[nH]c2ccc(Br)cc12. The van der Waals surface area contributed by atoms with Crippen molar-refractivity contribution in [3.8, 4) is 17.0 Å². The van der Waals surface area contributed by atoms with Crippen LogP contribution in [0, 0.1) is 0 Å². The maximum atomic E-state index is 11.7. The molecule has 0 fully saturated rings. The number of H-pyrrole nitrogens is 1. The van der Waals surface area contributed by atoms with E-state index in [4.69, 9.17) is 9.84 Å². The number of carbonyl (C=O) groups is 1. The van der Waals surface area contributed by atoms with Gasteiger partial charge in [-0.05, 0) is 36.4 Å². The molecule has 0 radical (unpaired) electrons. The molecule has 0 saturated carbocycles. The summed E-state index contributed by atoms with van der Waals surface area (Å²) in [5.74, 6) is 0.499. The Bertz CT molecular complexity index is 1380. The summed E-state index contributed by atoms with van der Waals surface area (Å²) < 4.78 is 8.27. The summed E-state index contributed by atoms with van der Waals surface area (Å²) in [5, 5.41) is 10.6. The first-order valence-corrected chi connectivity index (χ1v) is 10.8. The Kier molecular flexibility index (Phi) is 4.76. The van der Waals surface area contributed by atoms with Crippen molar-refractivity contribution in [2.75, 3.05) is 19.0 Å². The minimum Gasteiger partial charge on any atom is -0.482 e.